The van der Waals surface area contributed by atoms with Gasteiger partial charge in [0.25, 0.3) is 0 Å². The van der Waals surface area contributed by atoms with E-state index in [1.807, 2.05) is 12.1 Å². The van der Waals surface area contributed by atoms with Crippen molar-refractivity contribution in [3.8, 4) is 5.75 Å². The van der Waals surface area contributed by atoms with Crippen LogP contribution in [0.1, 0.15) is 6.92 Å². The van der Waals surface area contributed by atoms with Gasteiger partial charge in [-0.3, -0.25) is 0 Å². The molecule has 3 nitrogen and oxygen atoms in total. The number of hydrogen-bond acceptors (Lipinski definition) is 3. The maximum Gasteiger partial charge on any atom is 0.123 e. The number of ether oxygens (including phenoxy) is 1. The molecule has 2 aromatic carbocycles. The highest BCUT2D eigenvalue weighted by molar-refractivity contribution is 5.72. The van der Waals surface area contributed by atoms with Gasteiger partial charge in [0, 0.05) is 12.6 Å². The summed E-state index contributed by atoms with van der Waals surface area (Å²) in [7, 11) is 0. The molecule has 0 radical (unpaired) electrons. The van der Waals surface area contributed by atoms with Crippen LogP contribution in [0.4, 0.5) is 15.8 Å². The molecular weight excluding hydrogens is 267 g/mol. The summed E-state index contributed by atoms with van der Waals surface area (Å²) in [6.45, 7) is 4.50. The lowest BCUT2D eigenvalue weighted by Gasteiger charge is -2.37. The Morgan fingerprint density at radius 3 is 2.76 bits per heavy atom. The molecule has 0 spiro atoms. The van der Waals surface area contributed by atoms with Crippen LogP contribution >= 0.6 is 0 Å². The monoisotopic (exact) mass is 286 g/mol. The average Bonchev–Trinajstić information content (AvgIpc) is 2.51. The number of benzene rings is 2. The fourth-order valence-corrected chi connectivity index (χ4v) is 2.61. The average molecular weight is 286 g/mol. The van der Waals surface area contributed by atoms with E-state index in [9.17, 15) is 4.39 Å². The van der Waals surface area contributed by atoms with Gasteiger partial charge in [0.1, 0.15) is 18.2 Å². The van der Waals surface area contributed by atoms with E-state index in [0.29, 0.717) is 18.4 Å². The van der Waals surface area contributed by atoms with E-state index in [0.717, 1.165) is 18.8 Å². The zero-order valence-corrected chi connectivity index (χ0v) is 12.1. The first-order chi connectivity index (χ1) is 10.2. The molecule has 4 heteroatoms. The van der Waals surface area contributed by atoms with Gasteiger partial charge in [-0.25, -0.2) is 4.39 Å². The number of rotatable bonds is 4. The SMILES string of the molecule is CC1CNc2ccccc2N1CCOc1ccc(F)cc1. The Labute approximate surface area is 124 Å². The first kappa shape index (κ1) is 13.7. The predicted molar refractivity (Wildman–Crippen MR) is 83.6 cm³/mol. The van der Waals surface area contributed by atoms with E-state index in [2.05, 4.69) is 29.3 Å². The molecule has 1 atom stereocenters. The van der Waals surface area contributed by atoms with Crippen molar-refractivity contribution < 1.29 is 9.13 Å². The van der Waals surface area contributed by atoms with Crippen LogP contribution in [-0.4, -0.2) is 25.7 Å². The zero-order chi connectivity index (χ0) is 14.7. The Bertz CT molecular complexity index is 600. The quantitative estimate of drug-likeness (QED) is 0.930. The van der Waals surface area contributed by atoms with Crippen molar-refractivity contribution in [2.24, 2.45) is 0 Å². The summed E-state index contributed by atoms with van der Waals surface area (Å²) in [6.07, 6.45) is 0. The second-order valence-corrected chi connectivity index (χ2v) is 5.24. The van der Waals surface area contributed by atoms with Crippen LogP contribution in [0.15, 0.2) is 48.5 Å². The molecule has 0 amide bonds. The lowest BCUT2D eigenvalue weighted by Crippen LogP contribution is -2.44. The highest BCUT2D eigenvalue weighted by atomic mass is 19.1. The summed E-state index contributed by atoms with van der Waals surface area (Å²) in [5, 5.41) is 3.43. The lowest BCUT2D eigenvalue weighted by molar-refractivity contribution is 0.319. The van der Waals surface area contributed by atoms with Crippen LogP contribution in [0, 0.1) is 5.82 Å². The van der Waals surface area contributed by atoms with Crippen LogP contribution in [0.2, 0.25) is 0 Å². The molecule has 0 bridgehead atoms. The normalized spacial score (nSPS) is 17.0. The van der Waals surface area contributed by atoms with Crippen LogP contribution in [0.3, 0.4) is 0 Å². The third-order valence-electron chi connectivity index (χ3n) is 3.75. The Morgan fingerprint density at radius 1 is 1.19 bits per heavy atom. The molecule has 2 aromatic rings. The number of halogens is 1. The maximum absolute atomic E-state index is 12.8. The van der Waals surface area contributed by atoms with Gasteiger partial charge < -0.3 is 15.0 Å². The molecule has 1 aliphatic rings. The molecule has 0 saturated carbocycles. The van der Waals surface area contributed by atoms with Crippen molar-refractivity contribution in [2.45, 2.75) is 13.0 Å². The summed E-state index contributed by atoms with van der Waals surface area (Å²) in [5.41, 5.74) is 2.37. The third kappa shape index (κ3) is 3.10. The lowest BCUT2D eigenvalue weighted by atomic mass is 10.1. The topological polar surface area (TPSA) is 24.5 Å². The number of nitrogens with zero attached hydrogens (tertiary/aromatic N) is 1. The number of nitrogens with one attached hydrogen (secondary N) is 1. The molecule has 110 valence electrons. The van der Waals surface area contributed by atoms with Crippen LogP contribution < -0.4 is 15.0 Å². The largest absolute Gasteiger partial charge is 0.492 e. The second kappa shape index (κ2) is 6.04. The standard InChI is InChI=1S/C17H19FN2O/c1-13-12-19-16-4-2-3-5-17(16)20(13)10-11-21-15-8-6-14(18)7-9-15/h2-9,13,19H,10-12H2,1H3. The Hall–Kier alpha value is -2.23. The Balaban J connectivity index is 1.63. The van der Waals surface area contributed by atoms with Crippen molar-refractivity contribution in [3.05, 3.63) is 54.3 Å². The minimum absolute atomic E-state index is 0.244. The van der Waals surface area contributed by atoms with E-state index in [-0.39, 0.29) is 5.82 Å². The zero-order valence-electron chi connectivity index (χ0n) is 12.1. The summed E-state index contributed by atoms with van der Waals surface area (Å²) in [4.78, 5) is 2.34. The van der Waals surface area contributed by atoms with E-state index < -0.39 is 0 Å². The Kier molecular flexibility index (Phi) is 3.95. The number of hydrogen-bond donors (Lipinski definition) is 1. The molecular formula is C17H19FN2O. The molecule has 1 N–H and O–H groups in total. The van der Waals surface area contributed by atoms with Crippen molar-refractivity contribution in [3.63, 3.8) is 0 Å². The Morgan fingerprint density at radius 2 is 1.95 bits per heavy atom. The minimum Gasteiger partial charge on any atom is -0.492 e. The summed E-state index contributed by atoms with van der Waals surface area (Å²) in [6, 6.07) is 14.9. The number of fused-ring (bicyclic) bond motifs is 1. The second-order valence-electron chi connectivity index (χ2n) is 5.24. The minimum atomic E-state index is -0.244. The van der Waals surface area contributed by atoms with Gasteiger partial charge in [-0.2, -0.15) is 0 Å². The predicted octanol–water partition coefficient (Wildman–Crippen LogP) is 3.53. The van der Waals surface area contributed by atoms with Gasteiger partial charge in [-0.05, 0) is 43.3 Å². The van der Waals surface area contributed by atoms with Gasteiger partial charge in [0.05, 0.1) is 17.9 Å². The van der Waals surface area contributed by atoms with Gasteiger partial charge in [0.2, 0.25) is 0 Å². The molecule has 1 unspecified atom stereocenters. The molecule has 21 heavy (non-hydrogen) atoms. The van der Waals surface area contributed by atoms with Gasteiger partial charge in [-0.15, -0.1) is 0 Å². The van der Waals surface area contributed by atoms with Gasteiger partial charge in [-0.1, -0.05) is 12.1 Å². The molecule has 3 rings (SSSR count). The van der Waals surface area contributed by atoms with Crippen LogP contribution in [-0.2, 0) is 0 Å². The number of para-hydroxylation sites is 2. The third-order valence-corrected chi connectivity index (χ3v) is 3.75. The van der Waals surface area contributed by atoms with E-state index in [1.54, 1.807) is 12.1 Å². The maximum atomic E-state index is 12.8. The number of anilines is 2. The van der Waals surface area contributed by atoms with Crippen molar-refractivity contribution in [2.75, 3.05) is 29.9 Å². The highest BCUT2D eigenvalue weighted by Gasteiger charge is 2.21. The summed E-state index contributed by atoms with van der Waals surface area (Å²) >= 11 is 0. The van der Waals surface area contributed by atoms with E-state index >= 15 is 0 Å². The van der Waals surface area contributed by atoms with E-state index in [4.69, 9.17) is 4.74 Å². The highest BCUT2D eigenvalue weighted by Crippen LogP contribution is 2.30. The molecule has 0 aromatic heterocycles. The van der Waals surface area contributed by atoms with Crippen LogP contribution in [0.5, 0.6) is 5.75 Å². The summed E-state index contributed by atoms with van der Waals surface area (Å²) < 4.78 is 18.5. The van der Waals surface area contributed by atoms with Crippen molar-refractivity contribution in [1.29, 1.82) is 0 Å². The van der Waals surface area contributed by atoms with Crippen LogP contribution in [0.25, 0.3) is 0 Å². The van der Waals surface area contributed by atoms with Gasteiger partial charge in [0.15, 0.2) is 0 Å². The van der Waals surface area contributed by atoms with E-state index in [1.165, 1.54) is 17.8 Å². The molecule has 1 heterocycles. The van der Waals surface area contributed by atoms with Crippen molar-refractivity contribution >= 4 is 11.4 Å². The van der Waals surface area contributed by atoms with Crippen molar-refractivity contribution in [1.82, 2.24) is 0 Å². The smallest absolute Gasteiger partial charge is 0.123 e. The first-order valence-corrected chi connectivity index (χ1v) is 7.22. The first-order valence-electron chi connectivity index (χ1n) is 7.22. The summed E-state index contributed by atoms with van der Waals surface area (Å²) in [5.74, 6) is 0.458. The van der Waals surface area contributed by atoms with Gasteiger partial charge >= 0.3 is 0 Å². The molecule has 0 aliphatic carbocycles. The fourth-order valence-electron chi connectivity index (χ4n) is 2.61. The fraction of sp³-hybridized carbons (Fsp3) is 0.294. The molecule has 1 aliphatic heterocycles. The molecule has 0 saturated heterocycles. The molecule has 0 fully saturated rings.